The van der Waals surface area contributed by atoms with Gasteiger partial charge in [0.25, 0.3) is 0 Å². The van der Waals surface area contributed by atoms with E-state index in [-0.39, 0.29) is 37.5 Å². The molecule has 6 nitrogen and oxygen atoms in total. The molecule has 64 heavy (non-hydrogen) atoms. The number of carbonyl (C=O) groups is 3. The predicted octanol–water partition coefficient (Wildman–Crippen LogP) is 16.9. The van der Waals surface area contributed by atoms with Crippen molar-refractivity contribution >= 4 is 17.9 Å². The molecule has 6 heteroatoms. The first-order chi connectivity index (χ1) is 31.5. The Balaban J connectivity index is 4.57. The van der Waals surface area contributed by atoms with E-state index in [4.69, 9.17) is 14.2 Å². The van der Waals surface area contributed by atoms with Gasteiger partial charge < -0.3 is 14.2 Å². The van der Waals surface area contributed by atoms with Gasteiger partial charge in [-0.2, -0.15) is 0 Å². The van der Waals surface area contributed by atoms with Crippen LogP contribution in [0.1, 0.15) is 207 Å². The Kier molecular flexibility index (Phi) is 48.1. The molecule has 0 heterocycles. The standard InChI is InChI=1S/C58H92O6/c1-4-7-10-13-16-19-22-25-27-28-29-30-31-34-36-39-42-45-48-51-57(60)63-54-55(53-62-56(59)50-47-44-41-38-35-32-24-21-18-15-12-9-6-3)64-58(61)52-49-46-43-40-37-33-26-23-20-17-14-11-8-5-2/h7,9-10,12,16,18-19,21,23,25-27,29-30,32,34-36,42,45,55H,4-6,8,11,13-15,17,20,22,24,28,31,33,37-41,43-44,46-54H2,1-3H3/b10-7-,12-9-,19-16-,21-18-,26-23-,27-25-,30-29-,35-32-,36-34-,45-42-. The summed E-state index contributed by atoms with van der Waals surface area (Å²) in [4.78, 5) is 37.9. The Morgan fingerprint density at radius 3 is 1.08 bits per heavy atom. The van der Waals surface area contributed by atoms with Crippen molar-refractivity contribution in [3.63, 3.8) is 0 Å². The maximum atomic E-state index is 12.8. The minimum Gasteiger partial charge on any atom is -0.462 e. The molecular formula is C58H92O6. The topological polar surface area (TPSA) is 78.9 Å². The van der Waals surface area contributed by atoms with Gasteiger partial charge in [0.15, 0.2) is 6.10 Å². The lowest BCUT2D eigenvalue weighted by molar-refractivity contribution is -0.166. The number of hydrogen-bond acceptors (Lipinski definition) is 6. The summed E-state index contributed by atoms with van der Waals surface area (Å²) in [6.07, 6.45) is 70.5. The monoisotopic (exact) mass is 885 g/mol. The Labute approximate surface area is 392 Å². The summed E-state index contributed by atoms with van der Waals surface area (Å²) < 4.78 is 16.7. The maximum absolute atomic E-state index is 12.8. The molecule has 0 N–H and O–H groups in total. The number of esters is 3. The average Bonchev–Trinajstić information content (AvgIpc) is 3.29. The summed E-state index contributed by atoms with van der Waals surface area (Å²) in [5, 5.41) is 0. The second kappa shape index (κ2) is 51.4. The predicted molar refractivity (Wildman–Crippen MR) is 274 cm³/mol. The molecule has 0 fully saturated rings. The first kappa shape index (κ1) is 59.8. The van der Waals surface area contributed by atoms with E-state index in [9.17, 15) is 14.4 Å². The van der Waals surface area contributed by atoms with Crippen molar-refractivity contribution < 1.29 is 28.6 Å². The van der Waals surface area contributed by atoms with Crippen LogP contribution in [-0.4, -0.2) is 37.2 Å². The highest BCUT2D eigenvalue weighted by Gasteiger charge is 2.19. The summed E-state index contributed by atoms with van der Waals surface area (Å²) in [6.45, 7) is 6.28. The molecule has 1 atom stereocenters. The van der Waals surface area contributed by atoms with Gasteiger partial charge in [0.2, 0.25) is 0 Å². The molecule has 360 valence electrons. The van der Waals surface area contributed by atoms with Gasteiger partial charge in [-0.15, -0.1) is 0 Å². The second-order valence-electron chi connectivity index (χ2n) is 16.3. The minimum atomic E-state index is -0.827. The first-order valence-electron chi connectivity index (χ1n) is 25.5. The van der Waals surface area contributed by atoms with Crippen LogP contribution < -0.4 is 0 Å². The van der Waals surface area contributed by atoms with Crippen LogP contribution in [0.4, 0.5) is 0 Å². The number of allylic oxidation sites excluding steroid dienone is 20. The van der Waals surface area contributed by atoms with Crippen LogP contribution in [0.2, 0.25) is 0 Å². The van der Waals surface area contributed by atoms with Crippen molar-refractivity contribution in [2.75, 3.05) is 13.2 Å². The van der Waals surface area contributed by atoms with Crippen molar-refractivity contribution in [2.24, 2.45) is 0 Å². The SMILES string of the molecule is CC/C=C\C/C=C\C/C=C\C/C=C\C/C=C\C/C=C\CCC(=O)OCC(COC(=O)CCCCC/C=C\C/C=C\C/C=C\CC)OC(=O)CCCCCCC/C=C\CCCCCCC. The zero-order chi connectivity index (χ0) is 46.5. The van der Waals surface area contributed by atoms with E-state index in [0.717, 1.165) is 116 Å². The molecule has 0 aromatic heterocycles. The maximum Gasteiger partial charge on any atom is 0.306 e. The molecular weight excluding hydrogens is 793 g/mol. The number of ether oxygens (including phenoxy) is 3. The molecule has 0 saturated heterocycles. The lowest BCUT2D eigenvalue weighted by atomic mass is 10.1. The lowest BCUT2D eigenvalue weighted by Gasteiger charge is -2.18. The normalized spacial score (nSPS) is 13.1. The van der Waals surface area contributed by atoms with E-state index in [1.807, 2.05) is 12.2 Å². The molecule has 0 aromatic carbocycles. The van der Waals surface area contributed by atoms with Gasteiger partial charge in [-0.25, -0.2) is 0 Å². The van der Waals surface area contributed by atoms with E-state index in [2.05, 4.69) is 130 Å². The second-order valence-corrected chi connectivity index (χ2v) is 16.3. The van der Waals surface area contributed by atoms with Crippen LogP contribution in [0.15, 0.2) is 122 Å². The van der Waals surface area contributed by atoms with Crippen LogP contribution in [0, 0.1) is 0 Å². The molecule has 0 rings (SSSR count). The molecule has 0 bridgehead atoms. The van der Waals surface area contributed by atoms with Crippen LogP contribution >= 0.6 is 0 Å². The molecule has 0 aliphatic rings. The third kappa shape index (κ3) is 48.8. The van der Waals surface area contributed by atoms with Gasteiger partial charge >= 0.3 is 17.9 Å². The molecule has 0 aliphatic carbocycles. The highest BCUT2D eigenvalue weighted by Crippen LogP contribution is 2.12. The van der Waals surface area contributed by atoms with E-state index in [0.29, 0.717) is 19.3 Å². The van der Waals surface area contributed by atoms with Crippen LogP contribution in [-0.2, 0) is 28.6 Å². The lowest BCUT2D eigenvalue weighted by Crippen LogP contribution is -2.30. The van der Waals surface area contributed by atoms with E-state index in [1.165, 1.54) is 44.9 Å². The Morgan fingerprint density at radius 1 is 0.328 bits per heavy atom. The molecule has 0 amide bonds. The Bertz CT molecular complexity index is 1390. The quantitative estimate of drug-likeness (QED) is 0.0262. The number of hydrogen-bond donors (Lipinski definition) is 0. The third-order valence-corrected chi connectivity index (χ3v) is 10.2. The summed E-state index contributed by atoms with van der Waals surface area (Å²) in [5.74, 6) is -1.05. The zero-order valence-corrected chi connectivity index (χ0v) is 41.0. The highest BCUT2D eigenvalue weighted by atomic mass is 16.6. The van der Waals surface area contributed by atoms with Crippen LogP contribution in [0.25, 0.3) is 0 Å². The molecule has 0 aliphatic heterocycles. The van der Waals surface area contributed by atoms with E-state index in [1.54, 1.807) is 0 Å². The van der Waals surface area contributed by atoms with Crippen molar-refractivity contribution in [1.82, 2.24) is 0 Å². The fraction of sp³-hybridized carbons (Fsp3) is 0.603. The molecule has 0 aromatic rings. The van der Waals surface area contributed by atoms with Gasteiger partial charge in [0.1, 0.15) is 13.2 Å². The van der Waals surface area contributed by atoms with E-state index < -0.39 is 6.10 Å². The van der Waals surface area contributed by atoms with Gasteiger partial charge in [-0.1, -0.05) is 194 Å². The van der Waals surface area contributed by atoms with Crippen molar-refractivity contribution in [3.8, 4) is 0 Å². The van der Waals surface area contributed by atoms with Crippen molar-refractivity contribution in [2.45, 2.75) is 213 Å². The smallest absolute Gasteiger partial charge is 0.306 e. The molecule has 1 unspecified atom stereocenters. The first-order valence-corrected chi connectivity index (χ1v) is 25.5. The summed E-state index contributed by atoms with van der Waals surface area (Å²) in [7, 11) is 0. The van der Waals surface area contributed by atoms with Crippen LogP contribution in [0.3, 0.4) is 0 Å². The van der Waals surface area contributed by atoms with Crippen LogP contribution in [0.5, 0.6) is 0 Å². The summed E-state index contributed by atoms with van der Waals surface area (Å²) in [5.41, 5.74) is 0. The summed E-state index contributed by atoms with van der Waals surface area (Å²) >= 11 is 0. The highest BCUT2D eigenvalue weighted by molar-refractivity contribution is 5.71. The number of carbonyl (C=O) groups excluding carboxylic acids is 3. The Hall–Kier alpha value is -4.19. The average molecular weight is 885 g/mol. The fourth-order valence-electron chi connectivity index (χ4n) is 6.42. The molecule has 0 spiro atoms. The van der Waals surface area contributed by atoms with Crippen molar-refractivity contribution in [3.05, 3.63) is 122 Å². The third-order valence-electron chi connectivity index (χ3n) is 10.2. The molecule has 0 radical (unpaired) electrons. The number of unbranched alkanes of at least 4 members (excludes halogenated alkanes) is 13. The Morgan fingerprint density at radius 2 is 0.641 bits per heavy atom. The van der Waals surface area contributed by atoms with Crippen molar-refractivity contribution in [1.29, 1.82) is 0 Å². The van der Waals surface area contributed by atoms with Gasteiger partial charge in [-0.3, -0.25) is 14.4 Å². The van der Waals surface area contributed by atoms with E-state index >= 15 is 0 Å². The minimum absolute atomic E-state index is 0.123. The number of rotatable bonds is 44. The largest absolute Gasteiger partial charge is 0.462 e. The molecule has 0 saturated carbocycles. The summed E-state index contributed by atoms with van der Waals surface area (Å²) in [6, 6.07) is 0. The van der Waals surface area contributed by atoms with Gasteiger partial charge in [0.05, 0.1) is 0 Å². The fourth-order valence-corrected chi connectivity index (χ4v) is 6.42. The van der Waals surface area contributed by atoms with Gasteiger partial charge in [-0.05, 0) is 116 Å². The zero-order valence-electron chi connectivity index (χ0n) is 41.0. The van der Waals surface area contributed by atoms with Gasteiger partial charge in [0, 0.05) is 19.3 Å².